The van der Waals surface area contributed by atoms with Crippen LogP contribution in [0.5, 0.6) is 5.75 Å². The third-order valence-electron chi connectivity index (χ3n) is 5.59. The number of fused-ring (bicyclic) bond motifs is 1. The number of methoxy groups -OCH3 is 1. The van der Waals surface area contributed by atoms with Crippen molar-refractivity contribution in [1.82, 2.24) is 4.90 Å². The standard InChI is InChI=1S/C22H33N3O9/c1-29-11-3-9-23-10-14-31-21-7-6-18(15-20(21)23)17-33-34-22(26)24-8-2-5-19(16-24)30-12-4-13-32-25(27)28/h6-7,15,19H,2-5,8-14,16-17H2,1H3. The summed E-state index contributed by atoms with van der Waals surface area (Å²) in [6.07, 6.45) is 2.18. The number of anilines is 1. The van der Waals surface area contributed by atoms with Crippen LogP contribution >= 0.6 is 0 Å². The SMILES string of the molecule is COCCCN1CCOc2ccc(COOC(=O)N3CCCC(OCCCO[N+](=O)[O-])C3)cc21. The highest BCUT2D eigenvalue weighted by atomic mass is 17.2. The van der Waals surface area contributed by atoms with E-state index in [-0.39, 0.29) is 19.3 Å². The summed E-state index contributed by atoms with van der Waals surface area (Å²) in [5.74, 6) is 0.828. The van der Waals surface area contributed by atoms with Gasteiger partial charge in [-0.1, -0.05) is 6.07 Å². The normalized spacial score (nSPS) is 17.6. The second-order valence-electron chi connectivity index (χ2n) is 8.09. The van der Waals surface area contributed by atoms with Gasteiger partial charge in [0.1, 0.15) is 19.0 Å². The van der Waals surface area contributed by atoms with Crippen molar-refractivity contribution in [2.75, 3.05) is 64.6 Å². The Morgan fingerprint density at radius 2 is 2.12 bits per heavy atom. The Kier molecular flexibility index (Phi) is 10.4. The largest absolute Gasteiger partial charge is 0.490 e. The average molecular weight is 484 g/mol. The number of carbonyl (C=O) groups excluding carboxylic acids is 1. The van der Waals surface area contributed by atoms with E-state index in [2.05, 4.69) is 9.74 Å². The van der Waals surface area contributed by atoms with Crippen LogP contribution in [0, 0.1) is 10.1 Å². The average Bonchev–Trinajstić information content (AvgIpc) is 2.84. The number of likely N-dealkylation sites (tertiary alicyclic amines) is 1. The lowest BCUT2D eigenvalue weighted by molar-refractivity contribution is -0.757. The van der Waals surface area contributed by atoms with E-state index in [0.717, 1.165) is 49.4 Å². The zero-order chi connectivity index (χ0) is 24.2. The highest BCUT2D eigenvalue weighted by Crippen LogP contribution is 2.32. The zero-order valence-electron chi connectivity index (χ0n) is 19.5. The molecule has 2 aliphatic rings. The number of hydrogen-bond acceptors (Lipinski definition) is 10. The lowest BCUT2D eigenvalue weighted by Crippen LogP contribution is -2.43. The van der Waals surface area contributed by atoms with Crippen LogP contribution in [0.2, 0.25) is 0 Å². The van der Waals surface area contributed by atoms with Gasteiger partial charge in [-0.2, -0.15) is 4.89 Å². The Labute approximate surface area is 198 Å². The van der Waals surface area contributed by atoms with Gasteiger partial charge in [-0.3, -0.25) is 4.89 Å². The molecule has 1 amide bonds. The number of nitrogens with zero attached hydrogens (tertiary/aromatic N) is 3. The van der Waals surface area contributed by atoms with Gasteiger partial charge in [0.05, 0.1) is 31.5 Å². The van der Waals surface area contributed by atoms with Crippen molar-refractivity contribution in [3.8, 4) is 5.75 Å². The van der Waals surface area contributed by atoms with Crippen molar-refractivity contribution in [2.24, 2.45) is 0 Å². The third kappa shape index (κ3) is 8.19. The second-order valence-corrected chi connectivity index (χ2v) is 8.09. The first-order chi connectivity index (χ1) is 16.6. The van der Waals surface area contributed by atoms with Gasteiger partial charge in [0.2, 0.25) is 0 Å². The summed E-state index contributed by atoms with van der Waals surface area (Å²) in [6, 6.07) is 5.78. The predicted octanol–water partition coefficient (Wildman–Crippen LogP) is 2.57. The lowest BCUT2D eigenvalue weighted by atomic mass is 10.1. The molecule has 0 aliphatic carbocycles. The predicted molar refractivity (Wildman–Crippen MR) is 120 cm³/mol. The van der Waals surface area contributed by atoms with E-state index in [1.165, 1.54) is 0 Å². The molecule has 0 radical (unpaired) electrons. The fourth-order valence-corrected chi connectivity index (χ4v) is 3.93. The highest BCUT2D eigenvalue weighted by Gasteiger charge is 2.26. The highest BCUT2D eigenvalue weighted by molar-refractivity contribution is 5.67. The van der Waals surface area contributed by atoms with E-state index < -0.39 is 11.2 Å². The lowest BCUT2D eigenvalue weighted by Gasteiger charge is -2.32. The minimum atomic E-state index is -0.824. The number of ether oxygens (including phenoxy) is 3. The van der Waals surface area contributed by atoms with Crippen LogP contribution < -0.4 is 9.64 Å². The Morgan fingerprint density at radius 3 is 2.94 bits per heavy atom. The molecule has 1 aromatic carbocycles. The molecule has 12 heteroatoms. The molecule has 0 aromatic heterocycles. The number of carbonyl (C=O) groups is 1. The van der Waals surface area contributed by atoms with Crippen molar-refractivity contribution in [1.29, 1.82) is 0 Å². The summed E-state index contributed by atoms with van der Waals surface area (Å²) in [5, 5.41) is 9.32. The molecule has 1 saturated heterocycles. The fraction of sp³-hybridized carbons (Fsp3) is 0.682. The Morgan fingerprint density at radius 1 is 1.24 bits per heavy atom. The van der Waals surface area contributed by atoms with Crippen LogP contribution in [-0.4, -0.2) is 81.9 Å². The Bertz CT molecular complexity index is 795. The number of rotatable bonds is 13. The molecule has 190 valence electrons. The monoisotopic (exact) mass is 483 g/mol. The molecule has 1 unspecified atom stereocenters. The van der Waals surface area contributed by atoms with Crippen molar-refractivity contribution in [2.45, 2.75) is 38.4 Å². The smallest absolute Gasteiger partial charge is 0.441 e. The summed E-state index contributed by atoms with van der Waals surface area (Å²) in [4.78, 5) is 40.9. The topological polar surface area (TPSA) is 122 Å². The number of amides is 1. The van der Waals surface area contributed by atoms with Gasteiger partial charge in [0.25, 0.3) is 5.09 Å². The quantitative estimate of drug-likeness (QED) is 0.179. The molecule has 12 nitrogen and oxygen atoms in total. The minimum absolute atomic E-state index is 0.0148. The first-order valence-corrected chi connectivity index (χ1v) is 11.5. The number of piperidine rings is 1. The van der Waals surface area contributed by atoms with Gasteiger partial charge in [0.15, 0.2) is 0 Å². The maximum atomic E-state index is 12.4. The van der Waals surface area contributed by atoms with Crippen LogP contribution in [0.3, 0.4) is 0 Å². The van der Waals surface area contributed by atoms with E-state index in [9.17, 15) is 14.9 Å². The summed E-state index contributed by atoms with van der Waals surface area (Å²) in [7, 11) is 1.69. The van der Waals surface area contributed by atoms with Crippen molar-refractivity contribution < 1.29 is 38.7 Å². The maximum Gasteiger partial charge on any atom is 0.441 e. The second kappa shape index (κ2) is 13.8. The first kappa shape index (κ1) is 25.8. The molecule has 1 aromatic rings. The Balaban J connectivity index is 1.40. The van der Waals surface area contributed by atoms with Gasteiger partial charge < -0.3 is 28.8 Å². The molecule has 1 atom stereocenters. The van der Waals surface area contributed by atoms with Crippen LogP contribution in [0.15, 0.2) is 18.2 Å². The van der Waals surface area contributed by atoms with Crippen molar-refractivity contribution in [3.05, 3.63) is 33.9 Å². The van der Waals surface area contributed by atoms with Crippen LogP contribution in [0.4, 0.5) is 10.5 Å². The molecule has 2 heterocycles. The molecular weight excluding hydrogens is 450 g/mol. The molecule has 3 rings (SSSR count). The van der Waals surface area contributed by atoms with Gasteiger partial charge in [-0.05, 0) is 43.4 Å². The first-order valence-electron chi connectivity index (χ1n) is 11.5. The molecule has 34 heavy (non-hydrogen) atoms. The van der Waals surface area contributed by atoms with Gasteiger partial charge >= 0.3 is 6.09 Å². The zero-order valence-corrected chi connectivity index (χ0v) is 19.5. The fourth-order valence-electron chi connectivity index (χ4n) is 3.93. The van der Waals surface area contributed by atoms with E-state index >= 15 is 0 Å². The summed E-state index contributed by atoms with van der Waals surface area (Å²) >= 11 is 0. The number of benzene rings is 1. The van der Waals surface area contributed by atoms with E-state index in [4.69, 9.17) is 24.0 Å². The molecular formula is C22H33N3O9. The van der Waals surface area contributed by atoms with Gasteiger partial charge in [0, 0.05) is 33.4 Å². The van der Waals surface area contributed by atoms with Gasteiger partial charge in [-0.25, -0.2) is 4.79 Å². The maximum absolute atomic E-state index is 12.4. The molecule has 0 spiro atoms. The summed E-state index contributed by atoms with van der Waals surface area (Å²) in [6.45, 7) is 4.37. The van der Waals surface area contributed by atoms with E-state index in [0.29, 0.717) is 39.3 Å². The minimum Gasteiger partial charge on any atom is -0.490 e. The summed E-state index contributed by atoms with van der Waals surface area (Å²) in [5.41, 5.74) is 1.86. The third-order valence-corrected chi connectivity index (χ3v) is 5.59. The van der Waals surface area contributed by atoms with Crippen LogP contribution in [0.25, 0.3) is 0 Å². The van der Waals surface area contributed by atoms with E-state index in [1.807, 2.05) is 18.2 Å². The molecule has 0 N–H and O–H groups in total. The molecule has 2 aliphatic heterocycles. The number of hydrogen-bond donors (Lipinski definition) is 0. The molecule has 0 bridgehead atoms. The Hall–Kier alpha value is -2.83. The summed E-state index contributed by atoms with van der Waals surface area (Å²) < 4.78 is 16.6. The molecule has 1 fully saturated rings. The van der Waals surface area contributed by atoms with Crippen LogP contribution in [-0.2, 0) is 30.7 Å². The van der Waals surface area contributed by atoms with Crippen LogP contribution in [0.1, 0.15) is 31.2 Å². The molecule has 0 saturated carbocycles. The van der Waals surface area contributed by atoms with Gasteiger partial charge in [-0.15, -0.1) is 10.1 Å². The van der Waals surface area contributed by atoms with Crippen molar-refractivity contribution >= 4 is 11.8 Å². The van der Waals surface area contributed by atoms with E-state index in [1.54, 1.807) is 12.0 Å². The van der Waals surface area contributed by atoms with Crippen molar-refractivity contribution in [3.63, 3.8) is 0 Å².